The van der Waals surface area contributed by atoms with Gasteiger partial charge in [-0.2, -0.15) is 0 Å². The van der Waals surface area contributed by atoms with Gasteiger partial charge in [-0.25, -0.2) is 4.79 Å². The summed E-state index contributed by atoms with van der Waals surface area (Å²) < 4.78 is 11.9. The molecule has 4 aromatic rings. The number of hydrogen-bond acceptors (Lipinski definition) is 6. The normalized spacial score (nSPS) is 16.5. The molecule has 1 aliphatic heterocycles. The third-order valence-electron chi connectivity index (χ3n) is 6.76. The maximum atomic E-state index is 12.2. The Hall–Kier alpha value is -4.54. The molecule has 40 heavy (non-hydrogen) atoms. The lowest BCUT2D eigenvalue weighted by atomic mass is 10.00. The number of nitrogens with one attached hydrogen (secondary N) is 2. The summed E-state index contributed by atoms with van der Waals surface area (Å²) in [7, 11) is 2.85. The van der Waals surface area contributed by atoms with Gasteiger partial charge in [0, 0.05) is 42.3 Å². The molecule has 1 amide bonds. The predicted molar refractivity (Wildman–Crippen MR) is 157 cm³/mol. The summed E-state index contributed by atoms with van der Waals surface area (Å²) in [6.45, 7) is 1.91. The summed E-state index contributed by atoms with van der Waals surface area (Å²) in [5, 5.41) is 6.91. The number of methoxy groups -OCH3 is 2. The second kappa shape index (κ2) is 11.7. The zero-order valence-corrected chi connectivity index (χ0v) is 23.1. The molecule has 0 saturated carbocycles. The fourth-order valence-electron chi connectivity index (χ4n) is 4.96. The largest absolute Gasteiger partial charge is 0.465 e. The summed E-state index contributed by atoms with van der Waals surface area (Å²) >= 11 is 5.89. The molecule has 0 spiro atoms. The van der Waals surface area contributed by atoms with Crippen molar-refractivity contribution in [3.8, 4) is 5.69 Å². The topological polar surface area (TPSA) is 97.7 Å². The quantitative estimate of drug-likeness (QED) is 0.238. The summed E-state index contributed by atoms with van der Waals surface area (Å²) in [5.41, 5.74) is 5.50. The van der Waals surface area contributed by atoms with E-state index < -0.39 is 5.97 Å². The van der Waals surface area contributed by atoms with Crippen LogP contribution in [0.2, 0.25) is 0 Å². The van der Waals surface area contributed by atoms with Crippen LogP contribution in [0.3, 0.4) is 0 Å². The number of esters is 1. The molecule has 9 nitrogen and oxygen atoms in total. The third-order valence-corrected chi connectivity index (χ3v) is 7.08. The first-order chi connectivity index (χ1) is 19.4. The van der Waals surface area contributed by atoms with Crippen molar-refractivity contribution in [1.82, 2.24) is 14.9 Å². The van der Waals surface area contributed by atoms with Gasteiger partial charge in [-0.15, -0.1) is 0 Å². The van der Waals surface area contributed by atoms with E-state index in [1.165, 1.54) is 14.2 Å². The number of ether oxygens (including phenoxy) is 2. The van der Waals surface area contributed by atoms with E-state index in [0.717, 1.165) is 28.3 Å². The minimum atomic E-state index is -0.402. The molecule has 10 heteroatoms. The van der Waals surface area contributed by atoms with Gasteiger partial charge in [-0.1, -0.05) is 12.1 Å². The molecular weight excluding hydrogens is 526 g/mol. The van der Waals surface area contributed by atoms with E-state index in [-0.39, 0.29) is 24.6 Å². The zero-order chi connectivity index (χ0) is 28.2. The molecule has 2 aromatic heterocycles. The molecular formula is C30H29N5O4S. The van der Waals surface area contributed by atoms with Crippen LogP contribution < -0.4 is 15.5 Å². The van der Waals surface area contributed by atoms with Crippen molar-refractivity contribution in [1.29, 1.82) is 0 Å². The number of benzene rings is 2. The number of carbonyl (C=O) groups is 2. The Morgan fingerprint density at radius 2 is 1.88 bits per heavy atom. The minimum Gasteiger partial charge on any atom is -0.465 e. The highest BCUT2D eigenvalue weighted by Crippen LogP contribution is 2.43. The maximum absolute atomic E-state index is 12.2. The molecule has 5 rings (SSSR count). The van der Waals surface area contributed by atoms with Gasteiger partial charge < -0.3 is 29.6 Å². The highest BCUT2D eigenvalue weighted by Gasteiger charge is 2.42. The number of anilines is 2. The molecule has 204 valence electrons. The van der Waals surface area contributed by atoms with Crippen molar-refractivity contribution in [3.63, 3.8) is 0 Å². The third kappa shape index (κ3) is 5.31. The van der Waals surface area contributed by atoms with Gasteiger partial charge in [-0.05, 0) is 85.4 Å². The first-order valence-corrected chi connectivity index (χ1v) is 13.1. The first-order valence-electron chi connectivity index (χ1n) is 12.7. The number of nitrogens with zero attached hydrogens (tertiary/aromatic N) is 3. The van der Waals surface area contributed by atoms with Gasteiger partial charge in [-0.3, -0.25) is 9.78 Å². The summed E-state index contributed by atoms with van der Waals surface area (Å²) in [5.74, 6) is -0.628. The van der Waals surface area contributed by atoms with Crippen LogP contribution in [0.4, 0.5) is 11.4 Å². The van der Waals surface area contributed by atoms with Gasteiger partial charge in [0.15, 0.2) is 5.11 Å². The van der Waals surface area contributed by atoms with E-state index in [9.17, 15) is 9.59 Å². The van der Waals surface area contributed by atoms with Crippen LogP contribution in [0.1, 0.15) is 39.4 Å². The van der Waals surface area contributed by atoms with Crippen molar-refractivity contribution >= 4 is 40.6 Å². The van der Waals surface area contributed by atoms with Crippen molar-refractivity contribution in [2.24, 2.45) is 0 Å². The SMILES string of the molecule is COCC(=O)Nc1ccc(N2C(=S)NC(c3ccccn3)C2c2cccn2-c2cccc(C(=O)OC)c2)cc1C. The van der Waals surface area contributed by atoms with Crippen molar-refractivity contribution < 1.29 is 19.1 Å². The van der Waals surface area contributed by atoms with Crippen LogP contribution >= 0.6 is 12.2 Å². The van der Waals surface area contributed by atoms with Crippen LogP contribution in [-0.4, -0.2) is 47.4 Å². The Morgan fingerprint density at radius 3 is 2.60 bits per heavy atom. The minimum absolute atomic E-state index is 0.0245. The van der Waals surface area contributed by atoms with E-state index in [1.807, 2.05) is 78.4 Å². The number of rotatable bonds is 8. The number of amides is 1. The Morgan fingerprint density at radius 1 is 1.02 bits per heavy atom. The molecule has 3 heterocycles. The fourth-order valence-corrected chi connectivity index (χ4v) is 5.31. The van der Waals surface area contributed by atoms with Gasteiger partial charge in [0.2, 0.25) is 5.91 Å². The second-order valence-corrected chi connectivity index (χ2v) is 9.71. The van der Waals surface area contributed by atoms with Crippen LogP contribution in [0, 0.1) is 6.92 Å². The van der Waals surface area contributed by atoms with Crippen LogP contribution in [0.25, 0.3) is 5.69 Å². The smallest absolute Gasteiger partial charge is 0.337 e. The highest BCUT2D eigenvalue weighted by atomic mass is 32.1. The molecule has 1 fully saturated rings. The molecule has 0 bridgehead atoms. The van der Waals surface area contributed by atoms with Gasteiger partial charge >= 0.3 is 5.97 Å². The number of hydrogen-bond donors (Lipinski definition) is 2. The highest BCUT2D eigenvalue weighted by molar-refractivity contribution is 7.80. The predicted octanol–water partition coefficient (Wildman–Crippen LogP) is 4.73. The van der Waals surface area contributed by atoms with Crippen LogP contribution in [0.5, 0.6) is 0 Å². The Bertz CT molecular complexity index is 1550. The van der Waals surface area contributed by atoms with E-state index >= 15 is 0 Å². The fraction of sp³-hybridized carbons (Fsp3) is 0.200. The maximum Gasteiger partial charge on any atom is 0.337 e. The monoisotopic (exact) mass is 555 g/mol. The first kappa shape index (κ1) is 27.0. The Balaban J connectivity index is 1.59. The van der Waals surface area contributed by atoms with Crippen LogP contribution in [0.15, 0.2) is 85.2 Å². The lowest BCUT2D eigenvalue weighted by molar-refractivity contribution is -0.119. The lowest BCUT2D eigenvalue weighted by Gasteiger charge is -2.29. The standard InChI is InChI=1S/C30H29N5O4S/c1-19-16-22(12-13-23(19)32-26(36)18-38-2)35-28(27(33-30(35)40)24-10-4-5-14-31-24)25-11-7-15-34(25)21-9-6-8-20(17-21)29(37)39-3/h4-17,27-28H,18H2,1-3H3,(H,32,36)(H,33,40). The number of aromatic nitrogens is 2. The van der Waals surface area contributed by atoms with E-state index in [0.29, 0.717) is 16.4 Å². The molecule has 2 atom stereocenters. The van der Waals surface area contributed by atoms with Gasteiger partial charge in [0.1, 0.15) is 12.6 Å². The Kier molecular flexibility index (Phi) is 7.90. The van der Waals surface area contributed by atoms with E-state index in [2.05, 4.69) is 20.5 Å². The number of carbonyl (C=O) groups excluding carboxylic acids is 2. The average molecular weight is 556 g/mol. The van der Waals surface area contributed by atoms with Crippen molar-refractivity contribution in [2.45, 2.75) is 19.0 Å². The van der Waals surface area contributed by atoms with E-state index in [4.69, 9.17) is 21.7 Å². The molecule has 0 aliphatic carbocycles. The average Bonchev–Trinajstić information content (AvgIpc) is 3.58. The summed E-state index contributed by atoms with van der Waals surface area (Å²) in [6, 6.07) is 22.4. The molecule has 2 unspecified atom stereocenters. The lowest BCUT2D eigenvalue weighted by Crippen LogP contribution is -2.30. The number of aryl methyl sites for hydroxylation is 1. The molecule has 2 N–H and O–H groups in total. The number of pyridine rings is 1. The Labute approximate surface area is 237 Å². The van der Waals surface area contributed by atoms with Crippen molar-refractivity contribution in [2.75, 3.05) is 31.0 Å². The van der Waals surface area contributed by atoms with E-state index in [1.54, 1.807) is 18.3 Å². The molecule has 1 saturated heterocycles. The second-order valence-electron chi connectivity index (χ2n) is 9.32. The molecule has 2 aromatic carbocycles. The summed E-state index contributed by atoms with van der Waals surface area (Å²) in [6.07, 6.45) is 3.72. The molecule has 0 radical (unpaired) electrons. The number of thiocarbonyl (C=S) groups is 1. The van der Waals surface area contributed by atoms with Gasteiger partial charge in [0.25, 0.3) is 0 Å². The van der Waals surface area contributed by atoms with Crippen molar-refractivity contribution in [3.05, 3.63) is 108 Å². The van der Waals surface area contributed by atoms with Crippen LogP contribution in [-0.2, 0) is 14.3 Å². The summed E-state index contributed by atoms with van der Waals surface area (Å²) in [4.78, 5) is 31.1. The van der Waals surface area contributed by atoms with Gasteiger partial charge in [0.05, 0.1) is 24.4 Å². The zero-order valence-electron chi connectivity index (χ0n) is 22.3. The molecule has 1 aliphatic rings.